The maximum atomic E-state index is 13.0. The molecule has 2 aliphatic heterocycles. The molecule has 1 unspecified atom stereocenters. The lowest BCUT2D eigenvalue weighted by molar-refractivity contribution is -0.136. The summed E-state index contributed by atoms with van der Waals surface area (Å²) in [5.41, 5.74) is 1.69. The highest BCUT2D eigenvalue weighted by Gasteiger charge is 2.38. The van der Waals surface area contributed by atoms with Gasteiger partial charge in [-0.05, 0) is 32.0 Å². The third kappa shape index (κ3) is 4.19. The van der Waals surface area contributed by atoms with Gasteiger partial charge in [0.25, 0.3) is 0 Å². The average molecular weight is 414 g/mol. The number of piperazine rings is 1. The number of amides is 2. The second kappa shape index (κ2) is 7.99. The number of rotatable bonds is 3. The van der Waals surface area contributed by atoms with E-state index in [2.05, 4.69) is 14.9 Å². The molecule has 2 aliphatic rings. The van der Waals surface area contributed by atoms with E-state index in [-0.39, 0.29) is 24.2 Å². The van der Waals surface area contributed by atoms with E-state index in [0.717, 1.165) is 36.1 Å². The molecule has 0 radical (unpaired) electrons. The van der Waals surface area contributed by atoms with Gasteiger partial charge in [-0.3, -0.25) is 9.59 Å². The van der Waals surface area contributed by atoms with Gasteiger partial charge >= 0.3 is 0 Å². The van der Waals surface area contributed by atoms with Crippen molar-refractivity contribution in [2.45, 2.75) is 20.3 Å². The Labute approximate surface area is 175 Å². The van der Waals surface area contributed by atoms with Crippen LogP contribution in [-0.4, -0.2) is 59.4 Å². The molecule has 3 heterocycles. The number of carbonyl (C=O) groups is 2. The molecule has 1 aromatic carbocycles. The Morgan fingerprint density at radius 2 is 1.86 bits per heavy atom. The largest absolute Gasteiger partial charge is 0.353 e. The molecule has 152 valence electrons. The van der Waals surface area contributed by atoms with Gasteiger partial charge in [-0.25, -0.2) is 9.97 Å². The van der Waals surface area contributed by atoms with E-state index in [1.165, 1.54) is 0 Å². The van der Waals surface area contributed by atoms with E-state index in [1.807, 2.05) is 36.9 Å². The van der Waals surface area contributed by atoms with Crippen molar-refractivity contribution >= 4 is 34.9 Å². The van der Waals surface area contributed by atoms with Crippen molar-refractivity contribution in [3.63, 3.8) is 0 Å². The van der Waals surface area contributed by atoms with Crippen LogP contribution in [0.2, 0.25) is 5.02 Å². The van der Waals surface area contributed by atoms with Crippen LogP contribution >= 0.6 is 11.6 Å². The lowest BCUT2D eigenvalue weighted by Gasteiger charge is -2.36. The summed E-state index contributed by atoms with van der Waals surface area (Å²) in [4.78, 5) is 40.0. The molecule has 2 saturated heterocycles. The number of benzene rings is 1. The summed E-state index contributed by atoms with van der Waals surface area (Å²) in [5.74, 6) is 1.37. The summed E-state index contributed by atoms with van der Waals surface area (Å²) < 4.78 is 0. The van der Waals surface area contributed by atoms with Gasteiger partial charge in [0.1, 0.15) is 11.6 Å². The average Bonchev–Trinajstić information content (AvgIpc) is 3.08. The first-order chi connectivity index (χ1) is 13.9. The lowest BCUT2D eigenvalue weighted by Crippen LogP contribution is -2.51. The van der Waals surface area contributed by atoms with Crippen molar-refractivity contribution in [3.8, 4) is 0 Å². The lowest BCUT2D eigenvalue weighted by atomic mass is 10.1. The molecule has 2 aromatic rings. The molecule has 0 spiro atoms. The van der Waals surface area contributed by atoms with Crippen molar-refractivity contribution in [2.75, 3.05) is 42.5 Å². The molecule has 0 aliphatic carbocycles. The number of anilines is 2. The maximum Gasteiger partial charge on any atom is 0.228 e. The molecule has 0 bridgehead atoms. The quantitative estimate of drug-likeness (QED) is 0.773. The molecule has 4 rings (SSSR count). The monoisotopic (exact) mass is 413 g/mol. The second-order valence-electron chi connectivity index (χ2n) is 7.61. The Hall–Kier alpha value is -2.67. The minimum Gasteiger partial charge on any atom is -0.353 e. The third-order valence-corrected chi connectivity index (χ3v) is 5.70. The molecule has 0 saturated carbocycles. The van der Waals surface area contributed by atoms with E-state index in [4.69, 9.17) is 11.6 Å². The van der Waals surface area contributed by atoms with E-state index in [9.17, 15) is 9.59 Å². The van der Waals surface area contributed by atoms with Crippen LogP contribution < -0.4 is 9.80 Å². The summed E-state index contributed by atoms with van der Waals surface area (Å²) in [7, 11) is 0. The normalized spacial score (nSPS) is 19.8. The van der Waals surface area contributed by atoms with Crippen molar-refractivity contribution < 1.29 is 9.59 Å². The minimum atomic E-state index is -0.309. The fourth-order valence-electron chi connectivity index (χ4n) is 4.04. The smallest absolute Gasteiger partial charge is 0.228 e. The first kappa shape index (κ1) is 19.6. The van der Waals surface area contributed by atoms with Crippen LogP contribution in [0, 0.1) is 19.8 Å². The number of nitrogens with zero attached hydrogens (tertiary/aromatic N) is 5. The van der Waals surface area contributed by atoms with Crippen LogP contribution in [0.25, 0.3) is 0 Å². The third-order valence-electron chi connectivity index (χ3n) is 5.46. The van der Waals surface area contributed by atoms with Gasteiger partial charge in [0.05, 0.1) is 5.92 Å². The van der Waals surface area contributed by atoms with Crippen LogP contribution in [0.4, 0.5) is 11.5 Å². The van der Waals surface area contributed by atoms with Crippen LogP contribution in [-0.2, 0) is 9.59 Å². The Morgan fingerprint density at radius 3 is 2.55 bits per heavy atom. The van der Waals surface area contributed by atoms with E-state index in [0.29, 0.717) is 24.7 Å². The summed E-state index contributed by atoms with van der Waals surface area (Å²) in [6.07, 6.45) is 0.246. The van der Waals surface area contributed by atoms with Crippen LogP contribution in [0.15, 0.2) is 30.3 Å². The second-order valence-corrected chi connectivity index (χ2v) is 8.05. The molecule has 2 amide bonds. The van der Waals surface area contributed by atoms with Gasteiger partial charge in [-0.1, -0.05) is 17.7 Å². The Morgan fingerprint density at radius 1 is 1.10 bits per heavy atom. The Kier molecular flexibility index (Phi) is 5.41. The van der Waals surface area contributed by atoms with Gasteiger partial charge in [0.15, 0.2) is 0 Å². The fraction of sp³-hybridized carbons (Fsp3) is 0.429. The standard InChI is InChI=1S/C21H24ClN5O2/c1-14-10-19(24-15(2)23-14)25-6-8-26(9-7-25)21(29)16-11-20(28)27(13-16)18-5-3-4-17(22)12-18/h3-5,10,12,16H,6-9,11,13H2,1-2H3. The Balaban J connectivity index is 1.38. The van der Waals surface area contributed by atoms with Crippen molar-refractivity contribution in [1.29, 1.82) is 0 Å². The van der Waals surface area contributed by atoms with Gasteiger partial charge in [0, 0.05) is 61.6 Å². The summed E-state index contributed by atoms with van der Waals surface area (Å²) in [6.45, 7) is 6.95. The van der Waals surface area contributed by atoms with Gasteiger partial charge in [-0.2, -0.15) is 0 Å². The van der Waals surface area contributed by atoms with Gasteiger partial charge in [0.2, 0.25) is 11.8 Å². The van der Waals surface area contributed by atoms with Gasteiger partial charge < -0.3 is 14.7 Å². The number of carbonyl (C=O) groups excluding carboxylic acids is 2. The summed E-state index contributed by atoms with van der Waals surface area (Å²) in [6, 6.07) is 9.17. The number of halogens is 1. The zero-order valence-electron chi connectivity index (χ0n) is 16.6. The number of hydrogen-bond donors (Lipinski definition) is 0. The number of aromatic nitrogens is 2. The molecule has 29 heavy (non-hydrogen) atoms. The van der Waals surface area contributed by atoms with Crippen LogP contribution in [0.5, 0.6) is 0 Å². The van der Waals surface area contributed by atoms with Crippen molar-refractivity contribution in [2.24, 2.45) is 5.92 Å². The molecule has 1 aromatic heterocycles. The minimum absolute atomic E-state index is 0.0313. The van der Waals surface area contributed by atoms with E-state index in [1.54, 1.807) is 17.0 Å². The summed E-state index contributed by atoms with van der Waals surface area (Å²) >= 11 is 6.05. The molecular weight excluding hydrogens is 390 g/mol. The highest BCUT2D eigenvalue weighted by molar-refractivity contribution is 6.31. The van der Waals surface area contributed by atoms with E-state index >= 15 is 0 Å². The highest BCUT2D eigenvalue weighted by Crippen LogP contribution is 2.28. The zero-order valence-corrected chi connectivity index (χ0v) is 17.4. The predicted octanol–water partition coefficient (Wildman–Crippen LogP) is 2.45. The summed E-state index contributed by atoms with van der Waals surface area (Å²) in [5, 5.41) is 0.580. The first-order valence-corrected chi connectivity index (χ1v) is 10.2. The molecule has 2 fully saturated rings. The molecule has 0 N–H and O–H groups in total. The van der Waals surface area contributed by atoms with Crippen molar-refractivity contribution in [3.05, 3.63) is 46.9 Å². The molecule has 7 nitrogen and oxygen atoms in total. The molecule has 8 heteroatoms. The first-order valence-electron chi connectivity index (χ1n) is 9.82. The number of aryl methyl sites for hydroxylation is 2. The number of hydrogen-bond acceptors (Lipinski definition) is 5. The van der Waals surface area contributed by atoms with Crippen molar-refractivity contribution in [1.82, 2.24) is 14.9 Å². The van der Waals surface area contributed by atoms with Crippen LogP contribution in [0.1, 0.15) is 17.9 Å². The maximum absolute atomic E-state index is 13.0. The highest BCUT2D eigenvalue weighted by atomic mass is 35.5. The van der Waals surface area contributed by atoms with Gasteiger partial charge in [-0.15, -0.1) is 0 Å². The SMILES string of the molecule is Cc1cc(N2CCN(C(=O)C3CC(=O)N(c4cccc(Cl)c4)C3)CC2)nc(C)n1. The zero-order chi connectivity index (χ0) is 20.5. The Bertz CT molecular complexity index is 922. The predicted molar refractivity (Wildman–Crippen MR) is 112 cm³/mol. The topological polar surface area (TPSA) is 69.6 Å². The van der Waals surface area contributed by atoms with Crippen LogP contribution in [0.3, 0.4) is 0 Å². The fourth-order valence-corrected chi connectivity index (χ4v) is 4.22. The van der Waals surface area contributed by atoms with E-state index < -0.39 is 0 Å². The molecule has 1 atom stereocenters. The molecular formula is C21H24ClN5O2.